The fourth-order valence-corrected chi connectivity index (χ4v) is 2.29. The van der Waals surface area contributed by atoms with E-state index in [9.17, 15) is 17.6 Å². The second kappa shape index (κ2) is 5.55. The van der Waals surface area contributed by atoms with E-state index in [-0.39, 0.29) is 5.56 Å². The topological polar surface area (TPSA) is 51.2 Å². The Labute approximate surface area is 119 Å². The summed E-state index contributed by atoms with van der Waals surface area (Å²) in [6.07, 6.45) is -3.35. The second-order valence-electron chi connectivity index (χ2n) is 3.99. The van der Waals surface area contributed by atoms with Crippen molar-refractivity contribution < 1.29 is 22.0 Å². The Balaban J connectivity index is 2.43. The van der Waals surface area contributed by atoms with Crippen molar-refractivity contribution in [1.29, 1.82) is 0 Å². The van der Waals surface area contributed by atoms with Gasteiger partial charge < -0.3 is 4.42 Å². The van der Waals surface area contributed by atoms with E-state index >= 15 is 0 Å². The molecule has 0 aliphatic heterocycles. The van der Waals surface area contributed by atoms with E-state index in [0.29, 0.717) is 16.3 Å². The van der Waals surface area contributed by atoms with Gasteiger partial charge >= 0.3 is 6.18 Å². The standard InChI is InChI=1S/C12H9BrF4N2O/c13-11-7(3-4-20-11)10(19-18)6-1-2-8(9(14)5-6)12(15,16)17/h1-5,10,19H,18H2. The van der Waals surface area contributed by atoms with Crippen LogP contribution in [0.25, 0.3) is 0 Å². The molecule has 0 aliphatic carbocycles. The zero-order valence-electron chi connectivity index (χ0n) is 9.84. The highest BCUT2D eigenvalue weighted by Crippen LogP contribution is 2.34. The van der Waals surface area contributed by atoms with Gasteiger partial charge in [-0.05, 0) is 39.7 Å². The molecule has 1 heterocycles. The maximum Gasteiger partial charge on any atom is 0.419 e. The summed E-state index contributed by atoms with van der Waals surface area (Å²) in [6, 6.07) is 3.52. The van der Waals surface area contributed by atoms with Crippen LogP contribution in [-0.2, 0) is 6.18 Å². The summed E-state index contributed by atoms with van der Waals surface area (Å²) in [5, 5.41) is 0. The number of nitrogens with one attached hydrogen (secondary N) is 1. The predicted molar refractivity (Wildman–Crippen MR) is 67.0 cm³/mol. The molecular weight excluding hydrogens is 344 g/mol. The lowest BCUT2D eigenvalue weighted by molar-refractivity contribution is -0.140. The normalized spacial score (nSPS) is 13.5. The summed E-state index contributed by atoms with van der Waals surface area (Å²) in [5.41, 5.74) is 1.89. The molecule has 0 spiro atoms. The molecule has 2 aromatic rings. The molecule has 20 heavy (non-hydrogen) atoms. The fourth-order valence-electron chi connectivity index (χ4n) is 1.82. The van der Waals surface area contributed by atoms with Crippen LogP contribution in [0.15, 0.2) is 39.6 Å². The monoisotopic (exact) mass is 352 g/mol. The maximum absolute atomic E-state index is 13.6. The van der Waals surface area contributed by atoms with E-state index in [2.05, 4.69) is 21.4 Å². The smallest absolute Gasteiger partial charge is 0.419 e. The number of hydrogen-bond donors (Lipinski definition) is 2. The van der Waals surface area contributed by atoms with E-state index < -0.39 is 23.6 Å². The molecule has 2 rings (SSSR count). The Kier molecular flexibility index (Phi) is 4.17. The lowest BCUT2D eigenvalue weighted by Crippen LogP contribution is -2.29. The number of alkyl halides is 3. The second-order valence-corrected chi connectivity index (χ2v) is 4.71. The molecule has 1 unspecified atom stereocenters. The van der Waals surface area contributed by atoms with Gasteiger partial charge in [0.1, 0.15) is 5.82 Å². The average Bonchev–Trinajstić information content (AvgIpc) is 2.75. The summed E-state index contributed by atoms with van der Waals surface area (Å²) in [6.45, 7) is 0. The van der Waals surface area contributed by atoms with Gasteiger partial charge in [-0.25, -0.2) is 9.82 Å². The highest BCUT2D eigenvalue weighted by Gasteiger charge is 2.34. The number of halogens is 5. The predicted octanol–water partition coefficient (Wildman–Crippen LogP) is 3.75. The largest absolute Gasteiger partial charge is 0.457 e. The molecule has 0 saturated carbocycles. The summed E-state index contributed by atoms with van der Waals surface area (Å²) in [7, 11) is 0. The number of benzene rings is 1. The van der Waals surface area contributed by atoms with Crippen LogP contribution in [0, 0.1) is 5.82 Å². The third kappa shape index (κ3) is 2.87. The third-order valence-corrected chi connectivity index (χ3v) is 3.40. The van der Waals surface area contributed by atoms with Crippen LogP contribution in [0.1, 0.15) is 22.7 Å². The number of hydrazine groups is 1. The number of furan rings is 1. The Hall–Kier alpha value is -1.38. The van der Waals surface area contributed by atoms with Gasteiger partial charge in [0.15, 0.2) is 4.67 Å². The Bertz CT molecular complexity index is 612. The molecule has 108 valence electrons. The minimum absolute atomic E-state index is 0.250. The third-order valence-electron chi connectivity index (χ3n) is 2.76. The van der Waals surface area contributed by atoms with E-state index in [4.69, 9.17) is 10.3 Å². The minimum Gasteiger partial charge on any atom is -0.457 e. The van der Waals surface area contributed by atoms with Gasteiger partial charge in [0, 0.05) is 5.56 Å². The average molecular weight is 353 g/mol. The molecule has 1 aromatic heterocycles. The zero-order valence-corrected chi connectivity index (χ0v) is 11.4. The molecule has 0 radical (unpaired) electrons. The molecule has 1 atom stereocenters. The van der Waals surface area contributed by atoms with Crippen molar-refractivity contribution in [3.8, 4) is 0 Å². The zero-order chi connectivity index (χ0) is 14.9. The van der Waals surface area contributed by atoms with Gasteiger partial charge in [-0.1, -0.05) is 6.07 Å². The van der Waals surface area contributed by atoms with Crippen LogP contribution in [-0.4, -0.2) is 0 Å². The van der Waals surface area contributed by atoms with Crippen molar-refractivity contribution in [2.45, 2.75) is 12.2 Å². The molecule has 8 heteroatoms. The Morgan fingerprint density at radius 1 is 1.25 bits per heavy atom. The maximum atomic E-state index is 13.6. The molecule has 0 fully saturated rings. The Morgan fingerprint density at radius 2 is 1.95 bits per heavy atom. The van der Waals surface area contributed by atoms with E-state index in [1.807, 2.05) is 0 Å². The molecule has 0 amide bonds. The van der Waals surface area contributed by atoms with Crippen molar-refractivity contribution in [1.82, 2.24) is 5.43 Å². The van der Waals surface area contributed by atoms with Crippen LogP contribution >= 0.6 is 15.9 Å². The first-order chi connectivity index (χ1) is 9.34. The van der Waals surface area contributed by atoms with Crippen molar-refractivity contribution in [2.75, 3.05) is 0 Å². The Morgan fingerprint density at radius 3 is 2.40 bits per heavy atom. The quantitative estimate of drug-likeness (QED) is 0.502. The molecular formula is C12H9BrF4N2O. The molecule has 3 N–H and O–H groups in total. The first-order valence-electron chi connectivity index (χ1n) is 5.40. The van der Waals surface area contributed by atoms with Crippen LogP contribution in [0.4, 0.5) is 17.6 Å². The van der Waals surface area contributed by atoms with Crippen molar-refractivity contribution in [3.63, 3.8) is 0 Å². The van der Waals surface area contributed by atoms with Gasteiger partial charge in [-0.15, -0.1) is 0 Å². The number of rotatable bonds is 3. The van der Waals surface area contributed by atoms with Gasteiger partial charge in [0.2, 0.25) is 0 Å². The summed E-state index contributed by atoms with van der Waals surface area (Å²) >= 11 is 3.13. The summed E-state index contributed by atoms with van der Waals surface area (Å²) in [4.78, 5) is 0. The minimum atomic E-state index is -4.73. The highest BCUT2D eigenvalue weighted by molar-refractivity contribution is 9.10. The fraction of sp³-hybridized carbons (Fsp3) is 0.167. The molecule has 0 saturated heterocycles. The van der Waals surface area contributed by atoms with E-state index in [0.717, 1.165) is 12.1 Å². The SMILES string of the molecule is NNC(c1ccc(C(F)(F)F)c(F)c1)c1ccoc1Br. The summed E-state index contributed by atoms with van der Waals surface area (Å²) in [5.74, 6) is 4.03. The van der Waals surface area contributed by atoms with E-state index in [1.165, 1.54) is 6.26 Å². The van der Waals surface area contributed by atoms with Gasteiger partial charge in [0.05, 0.1) is 17.9 Å². The van der Waals surface area contributed by atoms with Crippen molar-refractivity contribution in [2.24, 2.45) is 5.84 Å². The lowest BCUT2D eigenvalue weighted by atomic mass is 10.00. The first-order valence-corrected chi connectivity index (χ1v) is 6.19. The molecule has 3 nitrogen and oxygen atoms in total. The van der Waals surface area contributed by atoms with Crippen molar-refractivity contribution in [3.05, 3.63) is 57.7 Å². The van der Waals surface area contributed by atoms with E-state index in [1.54, 1.807) is 6.07 Å². The molecule has 0 bridgehead atoms. The van der Waals surface area contributed by atoms with Gasteiger partial charge in [-0.2, -0.15) is 13.2 Å². The highest BCUT2D eigenvalue weighted by atomic mass is 79.9. The number of nitrogens with two attached hydrogens (primary N) is 1. The van der Waals surface area contributed by atoms with Crippen LogP contribution < -0.4 is 11.3 Å². The summed E-state index contributed by atoms with van der Waals surface area (Å²) < 4.78 is 56.4. The molecule has 1 aromatic carbocycles. The van der Waals surface area contributed by atoms with Crippen LogP contribution in [0.3, 0.4) is 0 Å². The lowest BCUT2D eigenvalue weighted by Gasteiger charge is -2.17. The van der Waals surface area contributed by atoms with Crippen molar-refractivity contribution >= 4 is 15.9 Å². The van der Waals surface area contributed by atoms with Gasteiger partial charge in [-0.3, -0.25) is 5.84 Å². The molecule has 0 aliphatic rings. The van der Waals surface area contributed by atoms with Gasteiger partial charge in [0.25, 0.3) is 0 Å². The van der Waals surface area contributed by atoms with Crippen LogP contribution in [0.2, 0.25) is 0 Å². The van der Waals surface area contributed by atoms with Crippen LogP contribution in [0.5, 0.6) is 0 Å². The number of hydrogen-bond acceptors (Lipinski definition) is 3. The first kappa shape index (κ1) is 15.0.